The van der Waals surface area contributed by atoms with E-state index in [1.54, 1.807) is 36.4 Å². The summed E-state index contributed by atoms with van der Waals surface area (Å²) in [5.74, 6) is -1.31. The fourth-order valence-corrected chi connectivity index (χ4v) is 6.23. The molecule has 0 aliphatic carbocycles. The topological polar surface area (TPSA) is 102 Å². The van der Waals surface area contributed by atoms with Crippen LogP contribution < -0.4 is 10.1 Å². The van der Waals surface area contributed by atoms with E-state index >= 15 is 0 Å². The molecule has 3 aromatic rings. The minimum absolute atomic E-state index is 0.0392. The van der Waals surface area contributed by atoms with Crippen molar-refractivity contribution < 1.29 is 22.7 Å². The van der Waals surface area contributed by atoms with Crippen molar-refractivity contribution in [1.82, 2.24) is 4.98 Å². The Morgan fingerprint density at radius 1 is 1.17 bits per heavy atom. The number of benzene rings is 2. The predicted molar refractivity (Wildman–Crippen MR) is 121 cm³/mol. The third kappa shape index (κ3) is 5.54. The first-order chi connectivity index (χ1) is 14.2. The van der Waals surface area contributed by atoms with Crippen molar-refractivity contribution in [2.45, 2.75) is 16.9 Å². The molecule has 0 aliphatic rings. The van der Waals surface area contributed by atoms with Crippen molar-refractivity contribution >= 4 is 70.0 Å². The minimum Gasteiger partial charge on any atom is -0.425 e. The van der Waals surface area contributed by atoms with Crippen molar-refractivity contribution in [2.24, 2.45) is 0 Å². The van der Waals surface area contributed by atoms with Gasteiger partial charge in [-0.3, -0.25) is 14.9 Å². The smallest absolute Gasteiger partial charge is 0.308 e. The summed E-state index contributed by atoms with van der Waals surface area (Å²) in [5.41, 5.74) is 0.733. The zero-order chi connectivity index (χ0) is 21.9. The Kier molecular flexibility index (Phi) is 7.06. The normalized spacial score (nSPS) is 11.2. The Hall–Kier alpha value is -2.08. The molecule has 0 saturated carbocycles. The molecule has 1 aromatic heterocycles. The van der Waals surface area contributed by atoms with Gasteiger partial charge < -0.3 is 4.74 Å². The molecule has 1 amide bonds. The van der Waals surface area contributed by atoms with Crippen LogP contribution in [0.15, 0.2) is 61.8 Å². The summed E-state index contributed by atoms with van der Waals surface area (Å²) in [6, 6.07) is 11.9. The van der Waals surface area contributed by atoms with E-state index in [1.165, 1.54) is 19.2 Å². The van der Waals surface area contributed by atoms with E-state index in [0.29, 0.717) is 14.5 Å². The molecule has 0 saturated heterocycles. The summed E-state index contributed by atoms with van der Waals surface area (Å²) in [5, 5.41) is 2.66. The van der Waals surface area contributed by atoms with Crippen LogP contribution in [0.2, 0.25) is 0 Å². The van der Waals surface area contributed by atoms with Crippen LogP contribution in [-0.2, 0) is 20.4 Å². The fourth-order valence-electron chi connectivity index (χ4n) is 2.47. The Bertz CT molecular complexity index is 1210. The van der Waals surface area contributed by atoms with E-state index in [1.807, 2.05) is 0 Å². The van der Waals surface area contributed by atoms with Gasteiger partial charge in [-0.05, 0) is 33.6 Å². The number of ether oxygens (including phenoxy) is 1. The minimum atomic E-state index is -3.61. The maximum Gasteiger partial charge on any atom is 0.308 e. The van der Waals surface area contributed by atoms with Gasteiger partial charge in [-0.15, -0.1) is 0 Å². The summed E-state index contributed by atoms with van der Waals surface area (Å²) in [7, 11) is -3.61. The second-order valence-corrected chi connectivity index (χ2v) is 11.1. The van der Waals surface area contributed by atoms with Crippen molar-refractivity contribution in [3.63, 3.8) is 0 Å². The number of nitrogens with zero attached hydrogens (tertiary/aromatic N) is 1. The van der Waals surface area contributed by atoms with Crippen LogP contribution in [0.5, 0.6) is 5.75 Å². The molecule has 156 valence electrons. The van der Waals surface area contributed by atoms with Crippen LogP contribution in [0.25, 0.3) is 0 Å². The van der Waals surface area contributed by atoms with Gasteiger partial charge in [-0.2, -0.15) is 0 Å². The lowest BCUT2D eigenvalue weighted by Gasteiger charge is -2.11. The van der Waals surface area contributed by atoms with E-state index in [2.05, 4.69) is 42.2 Å². The zero-order valence-corrected chi connectivity index (χ0v) is 20.2. The average Bonchev–Trinajstić information content (AvgIpc) is 3.13. The fraction of sp³-hybridized carbons (Fsp3) is 0.105. The van der Waals surface area contributed by atoms with Crippen molar-refractivity contribution in [1.29, 1.82) is 0 Å². The highest BCUT2D eigenvalue weighted by Crippen LogP contribution is 2.34. The molecule has 3 rings (SSSR count). The third-order valence-electron chi connectivity index (χ3n) is 3.71. The predicted octanol–water partition coefficient (Wildman–Crippen LogP) is 4.82. The Morgan fingerprint density at radius 2 is 1.87 bits per heavy atom. The Morgan fingerprint density at radius 3 is 2.53 bits per heavy atom. The number of carbonyl (C=O) groups excluding carboxylic acids is 2. The second kappa shape index (κ2) is 9.38. The highest BCUT2D eigenvalue weighted by Gasteiger charge is 2.22. The highest BCUT2D eigenvalue weighted by atomic mass is 79.9. The first kappa shape index (κ1) is 22.6. The van der Waals surface area contributed by atoms with Gasteiger partial charge in [-0.25, -0.2) is 13.4 Å². The number of sulfone groups is 1. The molecule has 1 N–H and O–H groups in total. The van der Waals surface area contributed by atoms with Gasteiger partial charge in [0.25, 0.3) is 5.91 Å². The average molecular weight is 574 g/mol. The standard InChI is InChI=1S/C19H14Br2N2O5S2/c1-11(24)28-17-14(7-13(20)8-15(17)21)18(25)23-19-22-9-16(29-19)30(26,27)10-12-5-3-2-4-6-12/h2-9H,10H2,1H3,(H,22,23,25). The van der Waals surface area contributed by atoms with E-state index in [-0.39, 0.29) is 26.4 Å². The summed E-state index contributed by atoms with van der Waals surface area (Å²) >= 11 is 7.40. The first-order valence-corrected chi connectivity index (χ1v) is 12.4. The summed E-state index contributed by atoms with van der Waals surface area (Å²) < 4.78 is 31.4. The quantitative estimate of drug-likeness (QED) is 0.335. The molecule has 2 aromatic carbocycles. The number of esters is 1. The van der Waals surface area contributed by atoms with Gasteiger partial charge in [0.1, 0.15) is 4.21 Å². The maximum absolute atomic E-state index is 12.7. The Balaban J connectivity index is 1.83. The lowest BCUT2D eigenvalue weighted by atomic mass is 10.2. The monoisotopic (exact) mass is 572 g/mol. The zero-order valence-electron chi connectivity index (χ0n) is 15.4. The first-order valence-electron chi connectivity index (χ1n) is 8.37. The molecule has 0 spiro atoms. The van der Waals surface area contributed by atoms with E-state index in [4.69, 9.17) is 4.74 Å². The lowest BCUT2D eigenvalue weighted by molar-refractivity contribution is -0.131. The van der Waals surface area contributed by atoms with Gasteiger partial charge in [-0.1, -0.05) is 57.6 Å². The molecule has 0 atom stereocenters. The number of thiazole rings is 1. The van der Waals surface area contributed by atoms with Gasteiger partial charge >= 0.3 is 5.97 Å². The number of hydrogen-bond acceptors (Lipinski definition) is 7. The van der Waals surface area contributed by atoms with Crippen LogP contribution in [-0.4, -0.2) is 25.3 Å². The molecular formula is C19H14Br2N2O5S2. The van der Waals surface area contributed by atoms with Crippen LogP contribution in [0.4, 0.5) is 5.13 Å². The number of hydrogen-bond donors (Lipinski definition) is 1. The lowest BCUT2D eigenvalue weighted by Crippen LogP contribution is -2.15. The summed E-state index contributed by atoms with van der Waals surface area (Å²) in [6.45, 7) is 1.22. The Labute approximate surface area is 193 Å². The molecule has 0 aliphatic heterocycles. The molecule has 0 bridgehead atoms. The van der Waals surface area contributed by atoms with Crippen molar-refractivity contribution in [2.75, 3.05) is 5.32 Å². The number of anilines is 1. The molecule has 1 heterocycles. The van der Waals surface area contributed by atoms with Crippen LogP contribution in [0.3, 0.4) is 0 Å². The molecule has 0 unspecified atom stereocenters. The summed E-state index contributed by atoms with van der Waals surface area (Å²) in [6.07, 6.45) is 1.21. The number of halogens is 2. The van der Waals surface area contributed by atoms with E-state index < -0.39 is 21.7 Å². The highest BCUT2D eigenvalue weighted by molar-refractivity contribution is 9.11. The SMILES string of the molecule is CC(=O)Oc1c(Br)cc(Br)cc1C(=O)Nc1ncc(S(=O)(=O)Cc2ccccc2)s1. The van der Waals surface area contributed by atoms with Crippen molar-refractivity contribution in [3.8, 4) is 5.75 Å². The largest absolute Gasteiger partial charge is 0.425 e. The number of aromatic nitrogens is 1. The third-order valence-corrected chi connectivity index (χ3v) is 7.91. The van der Waals surface area contributed by atoms with Crippen molar-refractivity contribution in [3.05, 3.63) is 68.7 Å². The van der Waals surface area contributed by atoms with E-state index in [9.17, 15) is 18.0 Å². The number of carbonyl (C=O) groups is 2. The molecular weight excluding hydrogens is 560 g/mol. The summed E-state index contributed by atoms with van der Waals surface area (Å²) in [4.78, 5) is 28.1. The van der Waals surface area contributed by atoms with Gasteiger partial charge in [0, 0.05) is 11.4 Å². The molecule has 11 heteroatoms. The van der Waals surface area contributed by atoms with Crippen LogP contribution in [0, 0.1) is 0 Å². The van der Waals surface area contributed by atoms with E-state index in [0.717, 1.165) is 11.3 Å². The number of amides is 1. The molecule has 0 fully saturated rings. The number of nitrogens with one attached hydrogen (secondary N) is 1. The maximum atomic E-state index is 12.7. The molecule has 30 heavy (non-hydrogen) atoms. The van der Waals surface area contributed by atoms with Gasteiger partial charge in [0.15, 0.2) is 20.7 Å². The van der Waals surface area contributed by atoms with Gasteiger partial charge in [0.2, 0.25) is 0 Å². The number of rotatable bonds is 6. The van der Waals surface area contributed by atoms with Crippen LogP contribution >= 0.6 is 43.2 Å². The molecule has 0 radical (unpaired) electrons. The molecule has 7 nitrogen and oxygen atoms in total. The van der Waals surface area contributed by atoms with Crippen LogP contribution in [0.1, 0.15) is 22.8 Å². The van der Waals surface area contributed by atoms with Gasteiger partial charge in [0.05, 0.1) is 22.0 Å². The second-order valence-electron chi connectivity index (χ2n) is 6.04.